The van der Waals surface area contributed by atoms with Gasteiger partial charge in [0.05, 0.1) is 0 Å². The maximum atomic E-state index is 10.3. The van der Waals surface area contributed by atoms with E-state index in [2.05, 4.69) is 5.32 Å². The fourth-order valence-electron chi connectivity index (χ4n) is 1.38. The lowest BCUT2D eigenvalue weighted by atomic mass is 10.0. The summed E-state index contributed by atoms with van der Waals surface area (Å²) in [4.78, 5) is 10.3. The highest BCUT2D eigenvalue weighted by atomic mass is 16.4. The zero-order chi connectivity index (χ0) is 11.1. The third-order valence-electron chi connectivity index (χ3n) is 2.17. The molecular weight excluding hydrogens is 194 g/mol. The Morgan fingerprint density at radius 1 is 1.33 bits per heavy atom. The van der Waals surface area contributed by atoms with Crippen LogP contribution in [-0.4, -0.2) is 29.5 Å². The average molecular weight is 209 g/mol. The molecule has 0 saturated heterocycles. The van der Waals surface area contributed by atoms with Gasteiger partial charge in [-0.25, -0.2) is 4.79 Å². The molecule has 3 N–H and O–H groups in total. The van der Waals surface area contributed by atoms with Crippen LogP contribution < -0.4 is 5.32 Å². The molecule has 4 nitrogen and oxygen atoms in total. The van der Waals surface area contributed by atoms with Gasteiger partial charge in [-0.15, -0.1) is 0 Å². The van der Waals surface area contributed by atoms with E-state index < -0.39 is 6.09 Å². The number of nitrogens with one attached hydrogen (secondary N) is 1. The molecule has 0 bridgehead atoms. The molecule has 0 spiro atoms. The first-order chi connectivity index (χ1) is 7.22. The van der Waals surface area contributed by atoms with Crippen molar-refractivity contribution in [1.82, 2.24) is 5.32 Å². The van der Waals surface area contributed by atoms with Crippen molar-refractivity contribution in [2.24, 2.45) is 5.92 Å². The van der Waals surface area contributed by atoms with Gasteiger partial charge in [-0.05, 0) is 12.0 Å². The second-order valence-electron chi connectivity index (χ2n) is 3.42. The average Bonchev–Trinajstić information content (AvgIpc) is 2.25. The number of carboxylic acid groups (broad SMARTS) is 1. The van der Waals surface area contributed by atoms with Crippen LogP contribution in [0, 0.1) is 5.92 Å². The Morgan fingerprint density at radius 3 is 2.53 bits per heavy atom. The second kappa shape index (κ2) is 6.03. The molecule has 1 unspecified atom stereocenters. The molecule has 0 radical (unpaired) electrons. The first kappa shape index (κ1) is 11.5. The van der Waals surface area contributed by atoms with Gasteiger partial charge in [0.1, 0.15) is 0 Å². The van der Waals surface area contributed by atoms with E-state index in [9.17, 15) is 4.79 Å². The number of carbonyl (C=O) groups is 1. The number of aliphatic hydroxyl groups is 1. The summed E-state index contributed by atoms with van der Waals surface area (Å²) in [6.45, 7) is 0.260. The maximum Gasteiger partial charge on any atom is 0.404 e. The Hall–Kier alpha value is -1.55. The van der Waals surface area contributed by atoms with Crippen molar-refractivity contribution in [1.29, 1.82) is 0 Å². The van der Waals surface area contributed by atoms with Crippen LogP contribution in [0.2, 0.25) is 0 Å². The van der Waals surface area contributed by atoms with Crippen molar-refractivity contribution in [3.8, 4) is 0 Å². The molecule has 0 heterocycles. The predicted octanol–water partition coefficient (Wildman–Crippen LogP) is 1.11. The van der Waals surface area contributed by atoms with Crippen molar-refractivity contribution < 1.29 is 15.0 Å². The zero-order valence-electron chi connectivity index (χ0n) is 8.39. The number of rotatable bonds is 5. The lowest BCUT2D eigenvalue weighted by molar-refractivity contribution is 0.184. The molecule has 0 fully saturated rings. The molecule has 82 valence electrons. The highest BCUT2D eigenvalue weighted by Crippen LogP contribution is 2.07. The third-order valence-corrected chi connectivity index (χ3v) is 2.17. The largest absolute Gasteiger partial charge is 0.465 e. The van der Waals surface area contributed by atoms with Crippen molar-refractivity contribution >= 4 is 6.09 Å². The number of amides is 1. The van der Waals surface area contributed by atoms with E-state index in [1.54, 1.807) is 0 Å². The van der Waals surface area contributed by atoms with Gasteiger partial charge >= 0.3 is 6.09 Å². The van der Waals surface area contributed by atoms with Crippen LogP contribution in [0.25, 0.3) is 0 Å². The predicted molar refractivity (Wildman–Crippen MR) is 56.7 cm³/mol. The van der Waals surface area contributed by atoms with Crippen molar-refractivity contribution in [2.75, 3.05) is 13.2 Å². The molecule has 0 aliphatic carbocycles. The SMILES string of the molecule is O=C(O)NCC(CO)Cc1ccccc1. The normalized spacial score (nSPS) is 12.1. The monoisotopic (exact) mass is 209 g/mol. The molecule has 1 aromatic carbocycles. The van der Waals surface area contributed by atoms with Gasteiger partial charge in [0.2, 0.25) is 0 Å². The lowest BCUT2D eigenvalue weighted by Crippen LogP contribution is -2.30. The minimum atomic E-state index is -1.05. The first-order valence-electron chi connectivity index (χ1n) is 4.84. The van der Waals surface area contributed by atoms with Crippen molar-refractivity contribution in [3.05, 3.63) is 35.9 Å². The molecule has 1 aromatic rings. The molecule has 1 rings (SSSR count). The quantitative estimate of drug-likeness (QED) is 0.680. The summed E-state index contributed by atoms with van der Waals surface area (Å²) in [5, 5.41) is 19.8. The molecule has 0 aliphatic rings. The summed E-state index contributed by atoms with van der Waals surface area (Å²) in [5.41, 5.74) is 1.10. The fourth-order valence-corrected chi connectivity index (χ4v) is 1.38. The number of hydrogen-bond donors (Lipinski definition) is 3. The second-order valence-corrected chi connectivity index (χ2v) is 3.42. The fraction of sp³-hybridized carbons (Fsp3) is 0.364. The molecule has 15 heavy (non-hydrogen) atoms. The van der Waals surface area contributed by atoms with E-state index in [1.807, 2.05) is 30.3 Å². The van der Waals surface area contributed by atoms with Gasteiger partial charge in [0.15, 0.2) is 0 Å². The minimum absolute atomic E-state index is 0.0187. The van der Waals surface area contributed by atoms with E-state index in [-0.39, 0.29) is 19.1 Å². The van der Waals surface area contributed by atoms with Crippen LogP contribution in [-0.2, 0) is 6.42 Å². The van der Waals surface area contributed by atoms with E-state index in [1.165, 1.54) is 0 Å². The Morgan fingerprint density at radius 2 is 2.00 bits per heavy atom. The van der Waals surface area contributed by atoms with Gasteiger partial charge in [-0.1, -0.05) is 30.3 Å². The summed E-state index contributed by atoms with van der Waals surface area (Å²) in [7, 11) is 0. The van der Waals surface area contributed by atoms with Gasteiger partial charge < -0.3 is 15.5 Å². The number of aliphatic hydroxyl groups excluding tert-OH is 1. The summed E-state index contributed by atoms with van der Waals surface area (Å²) >= 11 is 0. The molecule has 1 amide bonds. The zero-order valence-corrected chi connectivity index (χ0v) is 8.39. The van der Waals surface area contributed by atoms with Crippen LogP contribution in [0.4, 0.5) is 4.79 Å². The molecular formula is C11H15NO3. The van der Waals surface area contributed by atoms with Crippen molar-refractivity contribution in [2.45, 2.75) is 6.42 Å². The Bertz CT molecular complexity index is 300. The maximum absolute atomic E-state index is 10.3. The van der Waals surface area contributed by atoms with E-state index >= 15 is 0 Å². The Kier molecular flexibility index (Phi) is 4.63. The van der Waals surface area contributed by atoms with Crippen LogP contribution in [0.15, 0.2) is 30.3 Å². The van der Waals surface area contributed by atoms with Crippen LogP contribution in [0.1, 0.15) is 5.56 Å². The smallest absolute Gasteiger partial charge is 0.404 e. The van der Waals surface area contributed by atoms with Crippen LogP contribution in [0.3, 0.4) is 0 Å². The standard InChI is InChI=1S/C11H15NO3/c13-8-10(7-12-11(14)15)6-9-4-2-1-3-5-9/h1-5,10,12-13H,6-8H2,(H,14,15). The van der Waals surface area contributed by atoms with E-state index in [4.69, 9.17) is 10.2 Å². The summed E-state index contributed by atoms with van der Waals surface area (Å²) in [6, 6.07) is 9.70. The Balaban J connectivity index is 2.43. The number of benzene rings is 1. The molecule has 0 aliphatic heterocycles. The Labute approximate surface area is 88.6 Å². The number of hydrogen-bond acceptors (Lipinski definition) is 2. The summed E-state index contributed by atoms with van der Waals surface area (Å²) in [6.07, 6.45) is -0.376. The van der Waals surface area contributed by atoms with E-state index in [0.717, 1.165) is 5.56 Å². The third kappa shape index (κ3) is 4.46. The topological polar surface area (TPSA) is 69.6 Å². The molecule has 4 heteroatoms. The summed E-state index contributed by atoms with van der Waals surface area (Å²) < 4.78 is 0. The van der Waals surface area contributed by atoms with Gasteiger partial charge in [0, 0.05) is 19.1 Å². The molecule has 1 atom stereocenters. The van der Waals surface area contributed by atoms with E-state index in [0.29, 0.717) is 6.42 Å². The molecule has 0 aromatic heterocycles. The van der Waals surface area contributed by atoms with Crippen LogP contribution in [0.5, 0.6) is 0 Å². The van der Waals surface area contributed by atoms with Gasteiger partial charge in [-0.2, -0.15) is 0 Å². The van der Waals surface area contributed by atoms with Crippen LogP contribution >= 0.6 is 0 Å². The highest BCUT2D eigenvalue weighted by Gasteiger charge is 2.09. The van der Waals surface area contributed by atoms with Gasteiger partial charge in [0.25, 0.3) is 0 Å². The first-order valence-corrected chi connectivity index (χ1v) is 4.84. The lowest BCUT2D eigenvalue weighted by Gasteiger charge is -2.13. The summed E-state index contributed by atoms with van der Waals surface area (Å²) in [5.74, 6) is -0.0662. The molecule has 0 saturated carbocycles. The van der Waals surface area contributed by atoms with Gasteiger partial charge in [-0.3, -0.25) is 0 Å². The highest BCUT2D eigenvalue weighted by molar-refractivity contribution is 5.64. The van der Waals surface area contributed by atoms with Crippen molar-refractivity contribution in [3.63, 3.8) is 0 Å². The minimum Gasteiger partial charge on any atom is -0.465 e.